The second-order valence-electron chi connectivity index (χ2n) is 6.97. The predicted octanol–water partition coefficient (Wildman–Crippen LogP) is 2.70. The number of carbonyl (C=O) groups excluding carboxylic acids is 1. The third-order valence-electron chi connectivity index (χ3n) is 5.00. The quantitative estimate of drug-likeness (QED) is 0.543. The van der Waals surface area contributed by atoms with Crippen LogP contribution < -0.4 is 10.6 Å². The van der Waals surface area contributed by atoms with E-state index in [2.05, 4.69) is 31.5 Å². The van der Waals surface area contributed by atoms with E-state index in [0.717, 1.165) is 61.5 Å². The number of hydrogen-bond donors (Lipinski definition) is 2. The summed E-state index contributed by atoms with van der Waals surface area (Å²) in [7, 11) is 3.48. The van der Waals surface area contributed by atoms with Gasteiger partial charge in [0.1, 0.15) is 0 Å². The van der Waals surface area contributed by atoms with Crippen LogP contribution in [0.4, 0.5) is 0 Å². The van der Waals surface area contributed by atoms with Crippen molar-refractivity contribution in [3.05, 3.63) is 56.7 Å². The third-order valence-corrected chi connectivity index (χ3v) is 6.22. The van der Waals surface area contributed by atoms with Crippen LogP contribution in [0.15, 0.2) is 41.4 Å². The molecule has 0 saturated carbocycles. The number of piperazine rings is 1. The van der Waals surface area contributed by atoms with Gasteiger partial charge < -0.3 is 15.5 Å². The molecular formula is C21H28ClN5OS. The molecule has 1 aliphatic heterocycles. The van der Waals surface area contributed by atoms with Crippen LogP contribution in [-0.2, 0) is 13.0 Å². The summed E-state index contributed by atoms with van der Waals surface area (Å²) >= 11 is 7.69. The Labute approximate surface area is 181 Å². The number of nitrogens with one attached hydrogen (secondary N) is 2. The zero-order chi connectivity index (χ0) is 20.6. The van der Waals surface area contributed by atoms with Crippen LogP contribution in [0.1, 0.15) is 20.8 Å². The predicted molar refractivity (Wildman–Crippen MR) is 121 cm³/mol. The Bertz CT molecular complexity index is 845. The fourth-order valence-electron chi connectivity index (χ4n) is 3.44. The van der Waals surface area contributed by atoms with E-state index in [4.69, 9.17) is 11.6 Å². The Morgan fingerprint density at radius 3 is 2.66 bits per heavy atom. The minimum Gasteiger partial charge on any atom is -0.356 e. The number of benzene rings is 1. The highest BCUT2D eigenvalue weighted by molar-refractivity contribution is 7.16. The molecule has 2 N–H and O–H groups in total. The first-order valence-corrected chi connectivity index (χ1v) is 11.0. The molecule has 2 heterocycles. The van der Waals surface area contributed by atoms with E-state index in [1.54, 1.807) is 18.4 Å². The van der Waals surface area contributed by atoms with Crippen LogP contribution >= 0.6 is 22.9 Å². The molecule has 0 unspecified atom stereocenters. The van der Waals surface area contributed by atoms with Crippen molar-refractivity contribution in [1.82, 2.24) is 20.4 Å². The summed E-state index contributed by atoms with van der Waals surface area (Å²) in [5.41, 5.74) is 1.83. The summed E-state index contributed by atoms with van der Waals surface area (Å²) in [5.74, 6) is 0.879. The molecule has 0 bridgehead atoms. The second kappa shape index (κ2) is 10.6. The van der Waals surface area contributed by atoms with E-state index < -0.39 is 0 Å². The van der Waals surface area contributed by atoms with Gasteiger partial charge in [-0.25, -0.2) is 0 Å². The average Bonchev–Trinajstić information content (AvgIpc) is 3.16. The summed E-state index contributed by atoms with van der Waals surface area (Å²) in [6, 6.07) is 11.8. The van der Waals surface area contributed by atoms with Crippen molar-refractivity contribution in [3.8, 4) is 0 Å². The Morgan fingerprint density at radius 1 is 1.21 bits per heavy atom. The SMILES string of the molecule is CN=C(NCCc1cccc(C(=O)NC)c1)N1CCN(Cc2ccc(Cl)s2)CC1. The molecule has 0 spiro atoms. The normalized spacial score (nSPS) is 15.4. The van der Waals surface area contributed by atoms with Crippen molar-refractivity contribution < 1.29 is 4.79 Å². The lowest BCUT2D eigenvalue weighted by Crippen LogP contribution is -2.52. The van der Waals surface area contributed by atoms with Crippen molar-refractivity contribution in [2.24, 2.45) is 4.99 Å². The van der Waals surface area contributed by atoms with Crippen molar-refractivity contribution in [2.45, 2.75) is 13.0 Å². The van der Waals surface area contributed by atoms with Crippen LogP contribution in [0, 0.1) is 0 Å². The van der Waals surface area contributed by atoms with Gasteiger partial charge in [0.15, 0.2) is 5.96 Å². The van der Waals surface area contributed by atoms with Gasteiger partial charge in [0.2, 0.25) is 0 Å². The van der Waals surface area contributed by atoms with Gasteiger partial charge in [0.25, 0.3) is 5.91 Å². The lowest BCUT2D eigenvalue weighted by molar-refractivity contribution is 0.0963. The van der Waals surface area contributed by atoms with E-state index in [-0.39, 0.29) is 5.91 Å². The Morgan fingerprint density at radius 2 is 2.00 bits per heavy atom. The second-order valence-corrected chi connectivity index (χ2v) is 8.77. The molecule has 2 aromatic rings. The lowest BCUT2D eigenvalue weighted by atomic mass is 10.1. The summed E-state index contributed by atoms with van der Waals surface area (Å²) in [6.45, 7) is 5.64. The highest BCUT2D eigenvalue weighted by Crippen LogP contribution is 2.23. The van der Waals surface area contributed by atoms with Crippen molar-refractivity contribution in [2.75, 3.05) is 46.8 Å². The van der Waals surface area contributed by atoms with Gasteiger partial charge in [-0.05, 0) is 36.2 Å². The number of amides is 1. The molecule has 1 amide bonds. The maximum absolute atomic E-state index is 11.8. The van der Waals surface area contributed by atoms with Gasteiger partial charge in [-0.15, -0.1) is 11.3 Å². The maximum Gasteiger partial charge on any atom is 0.251 e. The minimum atomic E-state index is -0.0571. The summed E-state index contributed by atoms with van der Waals surface area (Å²) < 4.78 is 0.851. The van der Waals surface area contributed by atoms with E-state index in [1.165, 1.54) is 4.88 Å². The van der Waals surface area contributed by atoms with Crippen molar-refractivity contribution in [3.63, 3.8) is 0 Å². The Kier molecular flexibility index (Phi) is 7.91. The van der Waals surface area contributed by atoms with Crippen LogP contribution in [0.25, 0.3) is 0 Å². The van der Waals surface area contributed by atoms with Gasteiger partial charge in [0.05, 0.1) is 4.34 Å². The molecule has 1 aliphatic rings. The van der Waals surface area contributed by atoms with Crippen LogP contribution in [-0.4, -0.2) is 68.5 Å². The minimum absolute atomic E-state index is 0.0571. The zero-order valence-corrected chi connectivity index (χ0v) is 18.5. The van der Waals surface area contributed by atoms with Gasteiger partial charge in [-0.1, -0.05) is 23.7 Å². The van der Waals surface area contributed by atoms with Gasteiger partial charge in [-0.3, -0.25) is 14.7 Å². The molecule has 1 fully saturated rings. The number of aliphatic imine (C=N–C) groups is 1. The van der Waals surface area contributed by atoms with Gasteiger partial charge >= 0.3 is 0 Å². The Balaban J connectivity index is 1.44. The van der Waals surface area contributed by atoms with E-state index in [9.17, 15) is 4.79 Å². The third kappa shape index (κ3) is 6.19. The number of hydrogen-bond acceptors (Lipinski definition) is 4. The van der Waals surface area contributed by atoms with Crippen molar-refractivity contribution in [1.29, 1.82) is 0 Å². The molecule has 0 aliphatic carbocycles. The maximum atomic E-state index is 11.8. The molecule has 8 heteroatoms. The first-order valence-electron chi connectivity index (χ1n) is 9.82. The highest BCUT2D eigenvalue weighted by atomic mass is 35.5. The van der Waals surface area contributed by atoms with Crippen LogP contribution in [0.5, 0.6) is 0 Å². The van der Waals surface area contributed by atoms with E-state index in [1.807, 2.05) is 37.4 Å². The fourth-order valence-corrected chi connectivity index (χ4v) is 4.57. The molecule has 3 rings (SSSR count). The molecular weight excluding hydrogens is 406 g/mol. The Hall–Kier alpha value is -2.09. The highest BCUT2D eigenvalue weighted by Gasteiger charge is 2.20. The number of thiophene rings is 1. The number of rotatable bonds is 6. The number of guanidine groups is 1. The summed E-state index contributed by atoms with van der Waals surface area (Å²) in [6.07, 6.45) is 0.836. The van der Waals surface area contributed by atoms with E-state index in [0.29, 0.717) is 5.56 Å². The first kappa shape index (κ1) is 21.6. The van der Waals surface area contributed by atoms with E-state index >= 15 is 0 Å². The van der Waals surface area contributed by atoms with Crippen LogP contribution in [0.2, 0.25) is 4.34 Å². The first-order chi connectivity index (χ1) is 14.1. The number of nitrogens with zero attached hydrogens (tertiary/aromatic N) is 3. The molecule has 156 valence electrons. The molecule has 6 nitrogen and oxygen atoms in total. The summed E-state index contributed by atoms with van der Waals surface area (Å²) in [5, 5.41) is 6.12. The number of halogens is 1. The molecule has 0 atom stereocenters. The smallest absolute Gasteiger partial charge is 0.251 e. The lowest BCUT2D eigenvalue weighted by Gasteiger charge is -2.36. The monoisotopic (exact) mass is 433 g/mol. The number of carbonyl (C=O) groups is 1. The largest absolute Gasteiger partial charge is 0.356 e. The standard InChI is InChI=1S/C21H28ClN5OS/c1-23-20(28)17-5-3-4-16(14-17)8-9-25-21(24-2)27-12-10-26(11-13-27)15-18-6-7-19(22)29-18/h3-7,14H,8-13,15H2,1-2H3,(H,23,28)(H,24,25). The summed E-state index contributed by atoms with van der Waals surface area (Å²) in [4.78, 5) is 22.3. The van der Waals surface area contributed by atoms with Gasteiger partial charge in [0, 0.05) is 63.8 Å². The fraction of sp³-hybridized carbons (Fsp3) is 0.429. The molecule has 1 aromatic heterocycles. The molecule has 29 heavy (non-hydrogen) atoms. The molecule has 1 saturated heterocycles. The molecule has 0 radical (unpaired) electrons. The van der Waals surface area contributed by atoms with Crippen LogP contribution in [0.3, 0.4) is 0 Å². The average molecular weight is 434 g/mol. The van der Waals surface area contributed by atoms with Gasteiger partial charge in [-0.2, -0.15) is 0 Å². The zero-order valence-electron chi connectivity index (χ0n) is 16.9. The molecule has 1 aromatic carbocycles. The van der Waals surface area contributed by atoms with Crippen molar-refractivity contribution >= 4 is 34.8 Å². The topological polar surface area (TPSA) is 60.0 Å².